The first-order chi connectivity index (χ1) is 37.9. The highest BCUT2D eigenvalue weighted by Crippen LogP contribution is 2.44. The third kappa shape index (κ3) is 16.3. The molecule has 6 aliphatic rings. The van der Waals surface area contributed by atoms with Crippen LogP contribution in [-0.4, -0.2) is 121 Å². The van der Waals surface area contributed by atoms with Crippen molar-refractivity contribution < 1.29 is 48.6 Å². The van der Waals surface area contributed by atoms with Gasteiger partial charge in [-0.2, -0.15) is 0 Å². The zero-order valence-corrected chi connectivity index (χ0v) is 49.3. The predicted molar refractivity (Wildman–Crippen MR) is 305 cm³/mol. The van der Waals surface area contributed by atoms with E-state index in [9.17, 15) is 48.6 Å². The van der Waals surface area contributed by atoms with Crippen LogP contribution in [0.2, 0.25) is 0 Å². The second-order valence-corrected chi connectivity index (χ2v) is 26.8. The van der Waals surface area contributed by atoms with E-state index in [-0.39, 0.29) is 69.7 Å². The van der Waals surface area contributed by atoms with E-state index in [1.165, 1.54) is 18.6 Å². The van der Waals surface area contributed by atoms with Crippen LogP contribution >= 0.6 is 11.3 Å². The highest BCUT2D eigenvalue weighted by atomic mass is 32.1. The Morgan fingerprint density at radius 1 is 0.825 bits per heavy atom. The van der Waals surface area contributed by atoms with Crippen LogP contribution in [0.15, 0.2) is 24.7 Å². The Bertz CT molecular complexity index is 2590. The number of aromatic nitrogens is 2. The second-order valence-electron chi connectivity index (χ2n) is 25.8. The van der Waals surface area contributed by atoms with Gasteiger partial charge in [0, 0.05) is 42.4 Å². The lowest BCUT2D eigenvalue weighted by Crippen LogP contribution is -2.62. The van der Waals surface area contributed by atoms with Crippen LogP contribution < -0.4 is 26.2 Å². The number of aromatic carboxylic acids is 1. The fraction of sp³-hybridized carbons (Fsp3) is 0.705. The average Bonchev–Trinajstić information content (AvgIpc) is 3.96. The zero-order chi connectivity index (χ0) is 58.1. The Hall–Kier alpha value is -5.74. The van der Waals surface area contributed by atoms with Gasteiger partial charge in [-0.15, -0.1) is 11.3 Å². The lowest BCUT2D eigenvalue weighted by molar-refractivity contribution is -0.146. The van der Waals surface area contributed by atoms with E-state index in [2.05, 4.69) is 50.0 Å². The van der Waals surface area contributed by atoms with Gasteiger partial charge in [-0.05, 0) is 152 Å². The van der Waals surface area contributed by atoms with E-state index in [0.717, 1.165) is 101 Å². The second kappa shape index (κ2) is 27.4. The number of ketones is 1. The normalized spacial score (nSPS) is 25.2. The van der Waals surface area contributed by atoms with Crippen molar-refractivity contribution in [1.82, 2.24) is 36.1 Å². The van der Waals surface area contributed by atoms with Crippen molar-refractivity contribution in [3.8, 4) is 11.8 Å². The summed E-state index contributed by atoms with van der Waals surface area (Å²) in [7, 11) is 0. The number of hydrogen-bond acceptors (Lipinski definition) is 12. The number of nitrogens with zero attached hydrogens (tertiary/aromatic N) is 4. The number of thiophene rings is 1. The van der Waals surface area contributed by atoms with E-state index in [0.29, 0.717) is 61.6 Å². The Labute approximate surface area is 476 Å². The number of rotatable bonds is 17. The summed E-state index contributed by atoms with van der Waals surface area (Å²) in [6.07, 6.45) is 20.0. The molecular formula is C61H88N8O10S. The Kier molecular flexibility index (Phi) is 21.2. The van der Waals surface area contributed by atoms with Crippen molar-refractivity contribution in [2.24, 2.45) is 40.4 Å². The molecule has 80 heavy (non-hydrogen) atoms. The molecule has 2 aromatic heterocycles. The van der Waals surface area contributed by atoms with Gasteiger partial charge in [0.25, 0.3) is 11.8 Å². The first kappa shape index (κ1) is 61.9. The molecule has 3 heterocycles. The quantitative estimate of drug-likeness (QED) is 0.0657. The Balaban J connectivity index is 0.000000256. The van der Waals surface area contributed by atoms with E-state index in [1.54, 1.807) is 15.9 Å². The lowest BCUT2D eigenvalue weighted by Gasteiger charge is -2.38. The topological polar surface area (TPSA) is 257 Å². The molecule has 6 amide bonds. The SMILES string of the molecule is CC1CCC(C(=O)N(c2cc(C#CC(C)(C)C)sc2C(=O)O)C2CCC(O)CC2)CC1.CCC[C@H](NC(=O)[C@@H]1[C@H]2CCC[C@H]2CN1C(=O)[C@@H](NC(=O)[C@@H](NC(=O)c1cnccn1)C1CCCCC1)C(C)(C)C)C(=O)C(=O)NC1CC1. The highest BCUT2D eigenvalue weighted by Gasteiger charge is 2.53. The molecule has 19 heteroatoms. The number of amides is 6. The predicted octanol–water partition coefficient (Wildman–Crippen LogP) is 7.75. The lowest BCUT2D eigenvalue weighted by atomic mass is 9.81. The van der Waals surface area contributed by atoms with Gasteiger partial charge < -0.3 is 41.3 Å². The first-order valence-electron chi connectivity index (χ1n) is 29.7. The monoisotopic (exact) mass is 1120 g/mol. The van der Waals surface area contributed by atoms with E-state index in [4.69, 9.17) is 0 Å². The largest absolute Gasteiger partial charge is 0.477 e. The number of Topliss-reactive ketones (excluding diaryl/α,β-unsaturated/α-hetero) is 1. The molecule has 8 rings (SSSR count). The molecular weight excluding hydrogens is 1040 g/mol. The highest BCUT2D eigenvalue weighted by molar-refractivity contribution is 7.15. The molecule has 5 saturated carbocycles. The van der Waals surface area contributed by atoms with Gasteiger partial charge in [0.1, 0.15) is 28.7 Å². The number of nitrogens with one attached hydrogen (secondary N) is 4. The van der Waals surface area contributed by atoms with Gasteiger partial charge in [0.15, 0.2) is 0 Å². The summed E-state index contributed by atoms with van der Waals surface area (Å²) < 4.78 is 0. The molecule has 0 aromatic carbocycles. The maximum absolute atomic E-state index is 14.6. The van der Waals surface area contributed by atoms with Gasteiger partial charge in [-0.1, -0.05) is 78.6 Å². The van der Waals surface area contributed by atoms with Gasteiger partial charge in [-0.3, -0.25) is 38.5 Å². The van der Waals surface area contributed by atoms with Crippen LogP contribution in [0.4, 0.5) is 5.69 Å². The van der Waals surface area contributed by atoms with Crippen molar-refractivity contribution in [3.05, 3.63) is 40.1 Å². The number of likely N-dealkylation sites (tertiary alicyclic amines) is 1. The van der Waals surface area contributed by atoms with Gasteiger partial charge in [0.2, 0.25) is 29.4 Å². The minimum atomic E-state index is -1.02. The summed E-state index contributed by atoms with van der Waals surface area (Å²) in [6.45, 7) is 16.1. The van der Waals surface area contributed by atoms with E-state index in [1.807, 2.05) is 48.5 Å². The van der Waals surface area contributed by atoms with Crippen LogP contribution in [-0.2, 0) is 28.8 Å². The average molecular weight is 1130 g/mol. The zero-order valence-electron chi connectivity index (χ0n) is 48.4. The molecule has 1 aliphatic heterocycles. The molecule has 6 N–H and O–H groups in total. The summed E-state index contributed by atoms with van der Waals surface area (Å²) in [5.74, 6) is 2.69. The van der Waals surface area contributed by atoms with E-state index >= 15 is 0 Å². The number of aliphatic hydroxyl groups excluding tert-OH is 1. The Morgan fingerprint density at radius 3 is 2.11 bits per heavy atom. The molecule has 0 bridgehead atoms. The summed E-state index contributed by atoms with van der Waals surface area (Å²) in [4.78, 5) is 120. The minimum Gasteiger partial charge on any atom is -0.477 e. The minimum absolute atomic E-state index is 0.0132. The number of carbonyl (C=O) groups is 8. The number of carboxylic acids is 1. The number of carboxylic acid groups (broad SMARTS) is 1. The number of hydrogen-bond donors (Lipinski definition) is 6. The molecule has 2 aromatic rings. The maximum Gasteiger partial charge on any atom is 0.348 e. The van der Waals surface area contributed by atoms with Crippen LogP contribution in [0.5, 0.6) is 0 Å². The van der Waals surface area contributed by atoms with Crippen LogP contribution in [0, 0.1) is 52.3 Å². The van der Waals surface area contributed by atoms with Gasteiger partial charge in [0.05, 0.1) is 28.9 Å². The van der Waals surface area contributed by atoms with E-state index < -0.39 is 65.0 Å². The number of fused-ring (bicyclic) bond motifs is 1. The smallest absolute Gasteiger partial charge is 0.348 e. The van der Waals surface area contributed by atoms with Gasteiger partial charge >= 0.3 is 5.97 Å². The molecule has 438 valence electrons. The van der Waals surface area contributed by atoms with Crippen LogP contribution in [0.25, 0.3) is 0 Å². The fourth-order valence-electron chi connectivity index (χ4n) is 12.4. The van der Waals surface area contributed by atoms with Crippen molar-refractivity contribution >= 4 is 64.2 Å². The summed E-state index contributed by atoms with van der Waals surface area (Å²) in [5.41, 5.74) is -0.344. The molecule has 6 atom stereocenters. The summed E-state index contributed by atoms with van der Waals surface area (Å²) in [6, 6.07) is -1.96. The molecule has 0 unspecified atom stereocenters. The standard InChI is InChI=1S/C36H53N7O6.C25H35NO4S/c1-5-10-25(29(44)34(48)39-23-15-16-23)40-33(47)28-24-14-9-13-22(24)20-43(28)35(49)30(36(2,3)4)42-32(46)27(21-11-7-6-8-12-21)41-31(45)26-19-37-17-18-38-26;1-16-5-7-17(8-6-16)23(28)26(18-9-11-19(27)12-10-18)21-15-20(13-14-25(2,3)4)31-22(21)24(29)30/h17-19,21-25,27-28,30H,5-16,20H2,1-4H3,(H,39,48)(H,40,47)(H,41,45)(H,42,46);15-19,27H,5-12H2,1-4H3,(H,29,30)/t22-,24-,25-,27-,28-,30+;/m0./s1. The van der Waals surface area contributed by atoms with Crippen LogP contribution in [0.3, 0.4) is 0 Å². The molecule has 18 nitrogen and oxygen atoms in total. The summed E-state index contributed by atoms with van der Waals surface area (Å²) in [5, 5.41) is 31.4. The molecule has 1 saturated heterocycles. The van der Waals surface area contributed by atoms with Crippen molar-refractivity contribution in [2.75, 3.05) is 11.4 Å². The molecule has 6 fully saturated rings. The third-order valence-corrected chi connectivity index (χ3v) is 18.1. The molecule has 5 aliphatic carbocycles. The van der Waals surface area contributed by atoms with Crippen molar-refractivity contribution in [2.45, 2.75) is 226 Å². The molecule has 0 radical (unpaired) electrons. The maximum atomic E-state index is 14.6. The Morgan fingerprint density at radius 2 is 1.51 bits per heavy atom. The number of aliphatic hydroxyl groups is 1. The number of anilines is 1. The van der Waals surface area contributed by atoms with Crippen LogP contribution in [0.1, 0.15) is 209 Å². The fourth-order valence-corrected chi connectivity index (χ4v) is 13.2. The van der Waals surface area contributed by atoms with Crippen molar-refractivity contribution in [3.63, 3.8) is 0 Å². The molecule has 0 spiro atoms. The number of carbonyl (C=O) groups excluding carboxylic acids is 7. The summed E-state index contributed by atoms with van der Waals surface area (Å²) >= 11 is 1.15. The van der Waals surface area contributed by atoms with Gasteiger partial charge in [-0.25, -0.2) is 9.78 Å². The van der Waals surface area contributed by atoms with Crippen molar-refractivity contribution in [1.29, 1.82) is 0 Å². The first-order valence-corrected chi connectivity index (χ1v) is 30.5. The third-order valence-electron chi connectivity index (χ3n) is 17.0.